The molecule has 0 aromatic rings. The van der Waals surface area contributed by atoms with Gasteiger partial charge in [-0.15, -0.1) is 0 Å². The average molecular weight is 1060 g/mol. The quantitative estimate of drug-likeness (QED) is 0.0320. The van der Waals surface area contributed by atoms with Crippen LogP contribution in [0.5, 0.6) is 0 Å². The number of hydrogen-bond donors (Lipinski definition) is 3. The van der Waals surface area contributed by atoms with Gasteiger partial charge < -0.3 is 20.3 Å². The molecule has 0 fully saturated rings. The number of ether oxygens (including phenoxy) is 1. The van der Waals surface area contributed by atoms with E-state index in [1.54, 1.807) is 6.08 Å². The monoisotopic (exact) mass is 1060 g/mol. The molecule has 0 heterocycles. The molecule has 0 saturated carbocycles. The lowest BCUT2D eigenvalue weighted by Gasteiger charge is -2.20. The van der Waals surface area contributed by atoms with E-state index in [0.29, 0.717) is 19.4 Å². The highest BCUT2D eigenvalue weighted by Crippen LogP contribution is 2.18. The van der Waals surface area contributed by atoms with E-state index in [2.05, 4.69) is 31.3 Å². The van der Waals surface area contributed by atoms with Gasteiger partial charge in [0, 0.05) is 12.8 Å². The van der Waals surface area contributed by atoms with E-state index in [0.717, 1.165) is 44.9 Å². The zero-order chi connectivity index (χ0) is 54.3. The summed E-state index contributed by atoms with van der Waals surface area (Å²) < 4.78 is 5.50. The SMILES string of the molecule is CCCCCCCCCCCCCCCCCCCC/C=C/C(O)C(CO)NC(=O)CCCCCCCCC/C=C\CCCCCCCCCCCOC(=O)CCCCCCCCCCCCCCCCCCCC. The van der Waals surface area contributed by atoms with Gasteiger partial charge in [0.15, 0.2) is 0 Å². The van der Waals surface area contributed by atoms with Crippen molar-refractivity contribution in [2.75, 3.05) is 13.2 Å². The molecule has 2 atom stereocenters. The van der Waals surface area contributed by atoms with Crippen LogP contribution in [-0.4, -0.2) is 47.4 Å². The van der Waals surface area contributed by atoms with Crippen LogP contribution in [0.2, 0.25) is 0 Å². The van der Waals surface area contributed by atoms with Gasteiger partial charge in [-0.1, -0.05) is 334 Å². The number of esters is 1. The second kappa shape index (κ2) is 64.9. The average Bonchev–Trinajstić information content (AvgIpc) is 3.41. The fourth-order valence-corrected chi connectivity index (χ4v) is 10.7. The Morgan fingerprint density at radius 2 is 0.627 bits per heavy atom. The topological polar surface area (TPSA) is 95.9 Å². The largest absolute Gasteiger partial charge is 0.466 e. The molecule has 0 rings (SSSR count). The second-order valence-electron chi connectivity index (χ2n) is 23.5. The Hall–Kier alpha value is -1.66. The molecule has 0 aromatic carbocycles. The van der Waals surface area contributed by atoms with E-state index in [1.807, 2.05) is 6.08 Å². The summed E-state index contributed by atoms with van der Waals surface area (Å²) >= 11 is 0. The first-order valence-corrected chi connectivity index (χ1v) is 34.1. The molecule has 6 heteroatoms. The van der Waals surface area contributed by atoms with Gasteiger partial charge >= 0.3 is 5.97 Å². The summed E-state index contributed by atoms with van der Waals surface area (Å²) in [5, 5.41) is 23.2. The molecule has 0 radical (unpaired) electrons. The molecule has 0 aliphatic heterocycles. The molecule has 75 heavy (non-hydrogen) atoms. The van der Waals surface area contributed by atoms with Crippen molar-refractivity contribution in [1.82, 2.24) is 5.32 Å². The highest BCUT2D eigenvalue weighted by atomic mass is 16.5. The summed E-state index contributed by atoms with van der Waals surface area (Å²) in [7, 11) is 0. The van der Waals surface area contributed by atoms with Crippen molar-refractivity contribution >= 4 is 11.9 Å². The lowest BCUT2D eigenvalue weighted by atomic mass is 10.0. The van der Waals surface area contributed by atoms with E-state index in [9.17, 15) is 19.8 Å². The van der Waals surface area contributed by atoms with Gasteiger partial charge in [0.05, 0.1) is 25.4 Å². The van der Waals surface area contributed by atoms with Gasteiger partial charge in [-0.25, -0.2) is 0 Å². The van der Waals surface area contributed by atoms with E-state index in [1.165, 1.54) is 308 Å². The molecule has 0 aromatic heterocycles. The predicted molar refractivity (Wildman–Crippen MR) is 329 cm³/mol. The van der Waals surface area contributed by atoms with E-state index in [4.69, 9.17) is 4.74 Å². The molecule has 0 aliphatic rings. The van der Waals surface area contributed by atoms with Crippen LogP contribution in [0.3, 0.4) is 0 Å². The van der Waals surface area contributed by atoms with Crippen molar-refractivity contribution in [3.63, 3.8) is 0 Å². The predicted octanol–water partition coefficient (Wildman–Crippen LogP) is 21.8. The molecule has 0 spiro atoms. The zero-order valence-corrected chi connectivity index (χ0v) is 50.8. The Balaban J connectivity index is 3.43. The highest BCUT2D eigenvalue weighted by molar-refractivity contribution is 5.76. The summed E-state index contributed by atoms with van der Waals surface area (Å²) in [5.41, 5.74) is 0. The van der Waals surface area contributed by atoms with E-state index >= 15 is 0 Å². The number of aliphatic hydroxyl groups excluding tert-OH is 2. The maximum absolute atomic E-state index is 12.5. The van der Waals surface area contributed by atoms with Gasteiger partial charge in [0.2, 0.25) is 5.91 Å². The minimum absolute atomic E-state index is 0.0107. The zero-order valence-electron chi connectivity index (χ0n) is 50.8. The molecular weight excluding hydrogens is 923 g/mol. The standard InChI is InChI=1S/C69H133NO5/c1-3-5-7-9-11-13-15-17-19-21-23-26-29-33-37-41-45-49-53-57-61-67(72)66(65-71)70-68(73)62-58-54-50-46-42-38-34-30-27-24-25-28-32-36-40-44-48-52-56-60-64-75-69(74)63-59-55-51-47-43-39-35-31-22-20-18-16-14-12-10-8-6-4-2/h24,27,57,61,66-67,71-72H,3-23,25-26,28-56,58-60,62-65H2,1-2H3,(H,70,73)/b27-24-,61-57+. The van der Waals surface area contributed by atoms with Crippen LogP contribution < -0.4 is 5.32 Å². The summed E-state index contributed by atoms with van der Waals surface area (Å²) in [5.74, 6) is -0.0623. The number of carbonyl (C=O) groups is 2. The number of amides is 1. The van der Waals surface area contributed by atoms with Crippen molar-refractivity contribution in [2.24, 2.45) is 0 Å². The lowest BCUT2D eigenvalue weighted by Crippen LogP contribution is -2.45. The Morgan fingerprint density at radius 1 is 0.360 bits per heavy atom. The maximum atomic E-state index is 12.5. The fourth-order valence-electron chi connectivity index (χ4n) is 10.7. The van der Waals surface area contributed by atoms with Gasteiger partial charge in [0.25, 0.3) is 0 Å². The summed E-state index contributed by atoms with van der Waals surface area (Å²) in [6, 6.07) is -0.635. The third-order valence-corrected chi connectivity index (χ3v) is 16.0. The highest BCUT2D eigenvalue weighted by Gasteiger charge is 2.18. The molecule has 0 bridgehead atoms. The van der Waals surface area contributed by atoms with Crippen molar-refractivity contribution in [1.29, 1.82) is 0 Å². The van der Waals surface area contributed by atoms with Gasteiger partial charge in [-0.2, -0.15) is 0 Å². The van der Waals surface area contributed by atoms with Crippen LogP contribution >= 0.6 is 0 Å². The van der Waals surface area contributed by atoms with Crippen molar-refractivity contribution in [3.8, 4) is 0 Å². The van der Waals surface area contributed by atoms with Crippen LogP contribution in [0.15, 0.2) is 24.3 Å². The molecule has 2 unspecified atom stereocenters. The molecule has 3 N–H and O–H groups in total. The molecule has 1 amide bonds. The first-order valence-electron chi connectivity index (χ1n) is 34.1. The summed E-state index contributed by atoms with van der Waals surface area (Å²) in [6.07, 6.45) is 80.9. The molecule has 6 nitrogen and oxygen atoms in total. The first kappa shape index (κ1) is 73.3. The Labute approximate surface area is 469 Å². The molecule has 444 valence electrons. The number of carbonyl (C=O) groups excluding carboxylic acids is 2. The fraction of sp³-hybridized carbons (Fsp3) is 0.913. The second-order valence-corrected chi connectivity index (χ2v) is 23.5. The molecular formula is C69H133NO5. The Morgan fingerprint density at radius 3 is 0.947 bits per heavy atom. The Kier molecular flexibility index (Phi) is 63.4. The van der Waals surface area contributed by atoms with Gasteiger partial charge in [0.1, 0.15) is 0 Å². The van der Waals surface area contributed by atoms with Crippen molar-refractivity contribution < 1.29 is 24.5 Å². The number of aliphatic hydroxyl groups is 2. The van der Waals surface area contributed by atoms with E-state index in [-0.39, 0.29) is 18.5 Å². The molecule has 0 aliphatic carbocycles. The van der Waals surface area contributed by atoms with Crippen LogP contribution in [-0.2, 0) is 14.3 Å². The number of nitrogens with one attached hydrogen (secondary N) is 1. The number of hydrogen-bond acceptors (Lipinski definition) is 5. The number of allylic oxidation sites excluding steroid dienone is 3. The molecule has 0 saturated heterocycles. The maximum Gasteiger partial charge on any atom is 0.305 e. The lowest BCUT2D eigenvalue weighted by molar-refractivity contribution is -0.143. The minimum atomic E-state index is -0.851. The van der Waals surface area contributed by atoms with Crippen LogP contribution in [0, 0.1) is 0 Å². The van der Waals surface area contributed by atoms with Gasteiger partial charge in [-0.05, 0) is 57.8 Å². The van der Waals surface area contributed by atoms with Crippen LogP contribution in [0.25, 0.3) is 0 Å². The van der Waals surface area contributed by atoms with Crippen molar-refractivity contribution in [3.05, 3.63) is 24.3 Å². The van der Waals surface area contributed by atoms with Crippen molar-refractivity contribution in [2.45, 2.75) is 392 Å². The first-order chi connectivity index (χ1) is 37.0. The van der Waals surface area contributed by atoms with Crippen LogP contribution in [0.4, 0.5) is 0 Å². The summed E-state index contributed by atoms with van der Waals surface area (Å²) in [4.78, 5) is 24.6. The van der Waals surface area contributed by atoms with Crippen LogP contribution in [0.1, 0.15) is 380 Å². The Bertz CT molecular complexity index is 1170. The third-order valence-electron chi connectivity index (χ3n) is 16.0. The minimum Gasteiger partial charge on any atom is -0.466 e. The number of rotatable bonds is 64. The normalized spacial score (nSPS) is 12.6. The third kappa shape index (κ3) is 61.4. The summed E-state index contributed by atoms with van der Waals surface area (Å²) in [6.45, 7) is 4.93. The number of unbranched alkanes of at least 4 members (excludes halogenated alkanes) is 51. The smallest absolute Gasteiger partial charge is 0.305 e. The van der Waals surface area contributed by atoms with E-state index < -0.39 is 12.1 Å². The van der Waals surface area contributed by atoms with Gasteiger partial charge in [-0.3, -0.25) is 9.59 Å².